The van der Waals surface area contributed by atoms with Crippen LogP contribution in [0.3, 0.4) is 0 Å². The van der Waals surface area contributed by atoms with Crippen molar-refractivity contribution < 1.29 is 18.8 Å². The molecular formula is C31H26FN5O3. The quantitative estimate of drug-likeness (QED) is 0.272. The average molecular weight is 536 g/mol. The van der Waals surface area contributed by atoms with E-state index in [0.717, 1.165) is 0 Å². The molecule has 200 valence electrons. The maximum absolute atomic E-state index is 14.1. The van der Waals surface area contributed by atoms with Crippen LogP contribution in [0.4, 0.5) is 10.1 Å². The molecule has 4 aromatic carbocycles. The van der Waals surface area contributed by atoms with Gasteiger partial charge in [-0.15, -0.1) is 5.10 Å². The zero-order valence-electron chi connectivity index (χ0n) is 21.7. The van der Waals surface area contributed by atoms with E-state index in [1.165, 1.54) is 28.6 Å². The van der Waals surface area contributed by atoms with Gasteiger partial charge >= 0.3 is 0 Å². The van der Waals surface area contributed by atoms with Crippen LogP contribution in [-0.4, -0.2) is 32.6 Å². The third-order valence-corrected chi connectivity index (χ3v) is 6.53. The zero-order chi connectivity index (χ0) is 28.1. The molecule has 0 fully saturated rings. The van der Waals surface area contributed by atoms with E-state index in [1.807, 2.05) is 24.3 Å². The largest absolute Gasteiger partial charge is 0.350 e. The summed E-state index contributed by atoms with van der Waals surface area (Å²) >= 11 is 0. The number of nitrogens with one attached hydrogen (secondary N) is 1. The second-order valence-electron chi connectivity index (χ2n) is 9.26. The monoisotopic (exact) mass is 535 g/mol. The van der Waals surface area contributed by atoms with Gasteiger partial charge in [-0.05, 0) is 66.6 Å². The first kappa shape index (κ1) is 26.4. The Morgan fingerprint density at radius 3 is 2.25 bits per heavy atom. The SMILES string of the molecule is CC(=O)c1ccc(N(C(=O)Cn2nnc3ccccc32)[C@H](C(=O)NCc2ccc(F)cc2)c2ccccc2)cc1. The fourth-order valence-corrected chi connectivity index (χ4v) is 4.47. The Balaban J connectivity index is 1.54. The van der Waals surface area contributed by atoms with Gasteiger partial charge in [0.1, 0.15) is 23.9 Å². The summed E-state index contributed by atoms with van der Waals surface area (Å²) in [5.74, 6) is -1.32. The summed E-state index contributed by atoms with van der Waals surface area (Å²) in [6, 6.07) is 27.6. The number of carbonyl (C=O) groups excluding carboxylic acids is 3. The van der Waals surface area contributed by atoms with Gasteiger partial charge in [0.15, 0.2) is 5.78 Å². The van der Waals surface area contributed by atoms with Gasteiger partial charge in [-0.25, -0.2) is 9.07 Å². The molecule has 40 heavy (non-hydrogen) atoms. The number of rotatable bonds is 9. The van der Waals surface area contributed by atoms with Crippen LogP contribution in [0.15, 0.2) is 103 Å². The number of nitrogens with zero attached hydrogens (tertiary/aromatic N) is 4. The Kier molecular flexibility index (Phi) is 7.72. The number of aromatic nitrogens is 3. The minimum absolute atomic E-state index is 0.116. The molecule has 0 bridgehead atoms. The first-order valence-corrected chi connectivity index (χ1v) is 12.7. The van der Waals surface area contributed by atoms with E-state index < -0.39 is 17.9 Å². The molecule has 0 aliphatic heterocycles. The van der Waals surface area contributed by atoms with E-state index >= 15 is 0 Å². The molecule has 1 N–H and O–H groups in total. The van der Waals surface area contributed by atoms with Gasteiger partial charge in [-0.3, -0.25) is 19.3 Å². The number of fused-ring (bicyclic) bond motifs is 1. The zero-order valence-corrected chi connectivity index (χ0v) is 21.7. The Morgan fingerprint density at radius 1 is 0.875 bits per heavy atom. The molecular weight excluding hydrogens is 509 g/mol. The van der Waals surface area contributed by atoms with Crippen LogP contribution in [0.2, 0.25) is 0 Å². The molecule has 5 rings (SSSR count). The summed E-state index contributed by atoms with van der Waals surface area (Å²) in [6.07, 6.45) is 0. The molecule has 0 radical (unpaired) electrons. The summed E-state index contributed by atoms with van der Waals surface area (Å²) in [6.45, 7) is 1.43. The van der Waals surface area contributed by atoms with Crippen molar-refractivity contribution in [3.8, 4) is 0 Å². The van der Waals surface area contributed by atoms with Gasteiger partial charge in [-0.2, -0.15) is 0 Å². The van der Waals surface area contributed by atoms with Crippen molar-refractivity contribution >= 4 is 34.3 Å². The highest BCUT2D eigenvalue weighted by Crippen LogP contribution is 2.29. The summed E-state index contributed by atoms with van der Waals surface area (Å²) in [7, 11) is 0. The highest BCUT2D eigenvalue weighted by Gasteiger charge is 2.33. The van der Waals surface area contributed by atoms with E-state index in [9.17, 15) is 18.8 Å². The summed E-state index contributed by atoms with van der Waals surface area (Å²) in [4.78, 5) is 41.2. The number of anilines is 1. The lowest BCUT2D eigenvalue weighted by molar-refractivity contribution is -0.127. The van der Waals surface area contributed by atoms with E-state index in [2.05, 4.69) is 15.6 Å². The maximum atomic E-state index is 14.1. The van der Waals surface area contributed by atoms with Crippen LogP contribution >= 0.6 is 0 Å². The molecule has 1 heterocycles. The molecule has 9 heteroatoms. The van der Waals surface area contributed by atoms with Crippen LogP contribution in [0, 0.1) is 5.82 Å². The lowest BCUT2D eigenvalue weighted by Gasteiger charge is -2.31. The van der Waals surface area contributed by atoms with Crippen molar-refractivity contribution in [2.75, 3.05) is 4.90 Å². The lowest BCUT2D eigenvalue weighted by Crippen LogP contribution is -2.45. The number of Topliss-reactive ketones (excluding diaryl/α,β-unsaturated/α-hetero) is 1. The molecule has 2 amide bonds. The molecule has 8 nitrogen and oxygen atoms in total. The number of benzene rings is 4. The minimum atomic E-state index is -1.05. The first-order chi connectivity index (χ1) is 19.4. The topological polar surface area (TPSA) is 97.2 Å². The standard InChI is InChI=1S/C31H26FN5O3/c1-21(38)23-13-17-26(18-14-23)37(29(39)20-36-28-10-6-5-9-27(28)34-35-36)30(24-7-3-2-4-8-24)31(40)33-19-22-11-15-25(32)16-12-22/h2-18,30H,19-20H2,1H3,(H,33,40)/t30-/m0/s1. The third kappa shape index (κ3) is 5.78. The second-order valence-corrected chi connectivity index (χ2v) is 9.26. The molecule has 1 atom stereocenters. The van der Waals surface area contributed by atoms with Gasteiger partial charge in [0.05, 0.1) is 5.52 Å². The fraction of sp³-hybridized carbons (Fsp3) is 0.129. The number of ketones is 1. The molecule has 0 spiro atoms. The third-order valence-electron chi connectivity index (χ3n) is 6.53. The minimum Gasteiger partial charge on any atom is -0.350 e. The normalized spacial score (nSPS) is 11.7. The Labute approximate surface area is 230 Å². The van der Waals surface area contributed by atoms with Gasteiger partial charge in [0.25, 0.3) is 0 Å². The van der Waals surface area contributed by atoms with Gasteiger partial charge in [0.2, 0.25) is 11.8 Å². The highest BCUT2D eigenvalue weighted by molar-refractivity contribution is 6.02. The van der Waals surface area contributed by atoms with Crippen molar-refractivity contribution in [3.05, 3.63) is 126 Å². The Bertz CT molecular complexity index is 1650. The summed E-state index contributed by atoms with van der Waals surface area (Å²) < 4.78 is 14.9. The van der Waals surface area contributed by atoms with E-state index in [-0.39, 0.29) is 24.7 Å². The average Bonchev–Trinajstić information content (AvgIpc) is 3.38. The second kappa shape index (κ2) is 11.7. The van der Waals surface area contributed by atoms with Gasteiger partial charge < -0.3 is 5.32 Å². The summed E-state index contributed by atoms with van der Waals surface area (Å²) in [5, 5.41) is 11.2. The van der Waals surface area contributed by atoms with Crippen molar-refractivity contribution in [1.29, 1.82) is 0 Å². The van der Waals surface area contributed by atoms with Crippen molar-refractivity contribution in [2.45, 2.75) is 26.1 Å². The maximum Gasteiger partial charge on any atom is 0.249 e. The Morgan fingerprint density at radius 2 is 1.55 bits per heavy atom. The van der Waals surface area contributed by atoms with Crippen molar-refractivity contribution in [2.24, 2.45) is 0 Å². The molecule has 1 aromatic heterocycles. The van der Waals surface area contributed by atoms with Crippen LogP contribution in [0.25, 0.3) is 11.0 Å². The fourth-order valence-electron chi connectivity index (χ4n) is 4.47. The Hall–Kier alpha value is -5.18. The van der Waals surface area contributed by atoms with E-state index in [4.69, 9.17) is 0 Å². The molecule has 0 aliphatic rings. The molecule has 5 aromatic rings. The molecule has 0 saturated heterocycles. The smallest absolute Gasteiger partial charge is 0.249 e. The predicted octanol–water partition coefficient (Wildman–Crippen LogP) is 4.86. The number of amides is 2. The predicted molar refractivity (Wildman–Crippen MR) is 149 cm³/mol. The molecule has 0 aliphatic carbocycles. The number of halogens is 1. The number of hydrogen-bond donors (Lipinski definition) is 1. The first-order valence-electron chi connectivity index (χ1n) is 12.7. The van der Waals surface area contributed by atoms with Crippen molar-refractivity contribution in [3.63, 3.8) is 0 Å². The van der Waals surface area contributed by atoms with Crippen molar-refractivity contribution in [1.82, 2.24) is 20.3 Å². The number of hydrogen-bond acceptors (Lipinski definition) is 5. The van der Waals surface area contributed by atoms with Crippen LogP contribution in [-0.2, 0) is 22.7 Å². The van der Waals surface area contributed by atoms with Crippen LogP contribution in [0.5, 0.6) is 0 Å². The van der Waals surface area contributed by atoms with Gasteiger partial charge in [0, 0.05) is 17.8 Å². The molecule has 0 unspecified atom stereocenters. The number of carbonyl (C=O) groups is 3. The van der Waals surface area contributed by atoms with Crippen LogP contribution in [0.1, 0.15) is 34.5 Å². The van der Waals surface area contributed by atoms with Gasteiger partial charge in [-0.1, -0.05) is 59.8 Å². The highest BCUT2D eigenvalue weighted by atomic mass is 19.1. The van der Waals surface area contributed by atoms with Crippen LogP contribution < -0.4 is 10.2 Å². The number of para-hydroxylation sites is 1. The van der Waals surface area contributed by atoms with E-state index in [1.54, 1.807) is 66.7 Å². The molecule has 0 saturated carbocycles. The van der Waals surface area contributed by atoms with E-state index in [0.29, 0.717) is 33.4 Å². The lowest BCUT2D eigenvalue weighted by atomic mass is 10.0. The summed E-state index contributed by atoms with van der Waals surface area (Å²) in [5.41, 5.74) is 3.54.